The fourth-order valence-electron chi connectivity index (χ4n) is 2.95. The molecule has 0 spiro atoms. The first-order valence-corrected chi connectivity index (χ1v) is 10.9. The van der Waals surface area contributed by atoms with Crippen molar-refractivity contribution < 1.29 is 9.21 Å². The number of hydrogen-bond donors (Lipinski definition) is 2. The zero-order valence-electron chi connectivity index (χ0n) is 17.7. The quantitative estimate of drug-likeness (QED) is 0.314. The molecule has 1 heterocycles. The van der Waals surface area contributed by atoms with Crippen LogP contribution in [0, 0.1) is 6.92 Å². The summed E-state index contributed by atoms with van der Waals surface area (Å²) in [7, 11) is 0. The second-order valence-corrected chi connectivity index (χ2v) is 8.19. The van der Waals surface area contributed by atoms with Crippen LogP contribution in [0.5, 0.6) is 0 Å². The third-order valence-corrected chi connectivity index (χ3v) is 5.68. The van der Waals surface area contributed by atoms with Crippen molar-refractivity contribution in [2.45, 2.75) is 33.1 Å². The van der Waals surface area contributed by atoms with E-state index in [2.05, 4.69) is 36.6 Å². The largest absolute Gasteiger partial charge is 0.457 e. The van der Waals surface area contributed by atoms with Crippen LogP contribution in [0.4, 0.5) is 5.69 Å². The van der Waals surface area contributed by atoms with Crippen molar-refractivity contribution in [2.24, 2.45) is 0 Å². The first kappa shape index (κ1) is 22.8. The smallest absolute Gasteiger partial charge is 0.250 e. The van der Waals surface area contributed by atoms with Crippen LogP contribution in [-0.4, -0.2) is 11.0 Å². The molecule has 1 unspecified atom stereocenters. The molecule has 2 N–H and O–H groups in total. The number of carbonyl (C=O) groups excluding carboxylic acids is 1. The Labute approximate surface area is 193 Å². The fourth-order valence-corrected chi connectivity index (χ4v) is 3.35. The number of aryl methyl sites for hydroxylation is 1. The maximum atomic E-state index is 12.2. The zero-order valence-corrected chi connectivity index (χ0v) is 19.3. The molecule has 0 saturated heterocycles. The van der Waals surface area contributed by atoms with E-state index >= 15 is 0 Å². The predicted molar refractivity (Wildman–Crippen MR) is 132 cm³/mol. The topological polar surface area (TPSA) is 54.3 Å². The fraction of sp³-hybridized carbons (Fsp3) is 0.200. The highest BCUT2D eigenvalue weighted by Gasteiger charge is 2.07. The number of halogens is 1. The molecule has 3 aromatic rings. The summed E-state index contributed by atoms with van der Waals surface area (Å²) in [5, 5.41) is 6.57. The molecule has 3 rings (SSSR count). The van der Waals surface area contributed by atoms with Gasteiger partial charge in [0.15, 0.2) is 5.11 Å². The Morgan fingerprint density at radius 1 is 1.16 bits per heavy atom. The maximum absolute atomic E-state index is 12.2. The van der Waals surface area contributed by atoms with Gasteiger partial charge in [-0.15, -0.1) is 0 Å². The van der Waals surface area contributed by atoms with Crippen LogP contribution in [0.3, 0.4) is 0 Å². The van der Waals surface area contributed by atoms with Gasteiger partial charge in [-0.25, -0.2) is 0 Å². The average molecular weight is 453 g/mol. The number of hydrogen-bond acceptors (Lipinski definition) is 3. The summed E-state index contributed by atoms with van der Waals surface area (Å²) >= 11 is 11.4. The lowest BCUT2D eigenvalue weighted by Gasteiger charge is -2.11. The van der Waals surface area contributed by atoms with E-state index in [0.29, 0.717) is 22.5 Å². The van der Waals surface area contributed by atoms with Gasteiger partial charge in [-0.3, -0.25) is 10.1 Å². The Balaban J connectivity index is 1.55. The van der Waals surface area contributed by atoms with Crippen molar-refractivity contribution in [1.82, 2.24) is 5.32 Å². The Morgan fingerprint density at radius 2 is 1.90 bits per heavy atom. The first-order valence-electron chi connectivity index (χ1n) is 10.1. The third-order valence-electron chi connectivity index (χ3n) is 5.07. The Hall–Kier alpha value is -2.89. The molecule has 0 aliphatic carbocycles. The molecule has 1 atom stereocenters. The highest BCUT2D eigenvalue weighted by atomic mass is 35.5. The van der Waals surface area contributed by atoms with E-state index in [0.717, 1.165) is 23.2 Å². The van der Waals surface area contributed by atoms with Crippen molar-refractivity contribution in [3.8, 4) is 11.3 Å². The first-order chi connectivity index (χ1) is 14.9. The highest BCUT2D eigenvalue weighted by Crippen LogP contribution is 2.27. The summed E-state index contributed by atoms with van der Waals surface area (Å²) in [6.45, 7) is 6.30. The van der Waals surface area contributed by atoms with E-state index in [1.54, 1.807) is 12.1 Å². The minimum atomic E-state index is -0.343. The van der Waals surface area contributed by atoms with Crippen molar-refractivity contribution in [3.05, 3.63) is 82.6 Å². The molecule has 0 radical (unpaired) electrons. The van der Waals surface area contributed by atoms with Crippen LogP contribution in [0.1, 0.15) is 43.1 Å². The summed E-state index contributed by atoms with van der Waals surface area (Å²) in [6, 6.07) is 17.4. The summed E-state index contributed by atoms with van der Waals surface area (Å²) in [6.07, 6.45) is 4.06. The second kappa shape index (κ2) is 10.4. The van der Waals surface area contributed by atoms with E-state index in [4.69, 9.17) is 28.2 Å². The molecule has 2 aromatic carbocycles. The van der Waals surface area contributed by atoms with Gasteiger partial charge in [0.1, 0.15) is 11.5 Å². The van der Waals surface area contributed by atoms with E-state index in [1.807, 2.05) is 43.3 Å². The molecule has 160 valence electrons. The van der Waals surface area contributed by atoms with Crippen LogP contribution in [0.25, 0.3) is 17.4 Å². The van der Waals surface area contributed by atoms with Gasteiger partial charge in [-0.1, -0.05) is 49.7 Å². The number of benzene rings is 2. The molecule has 1 aromatic heterocycles. The Bertz CT molecular complexity index is 1100. The molecule has 0 aliphatic heterocycles. The molecule has 0 aliphatic rings. The molecular formula is C25H25ClN2O2S. The van der Waals surface area contributed by atoms with E-state index < -0.39 is 0 Å². The lowest BCUT2D eigenvalue weighted by atomic mass is 9.99. The second-order valence-electron chi connectivity index (χ2n) is 7.37. The molecule has 6 heteroatoms. The summed E-state index contributed by atoms with van der Waals surface area (Å²) in [5.74, 6) is 1.40. The van der Waals surface area contributed by atoms with Crippen LogP contribution in [0.2, 0.25) is 5.02 Å². The number of amides is 1. The monoisotopic (exact) mass is 452 g/mol. The number of rotatable bonds is 6. The normalized spacial score (nSPS) is 12.0. The molecule has 0 saturated carbocycles. The number of carbonyl (C=O) groups is 1. The SMILES string of the molecule is CCC(C)c1ccc(NC(=S)NC(=O)/C=C/c2ccc(-c3ccc(C)c(Cl)c3)o2)cc1. The van der Waals surface area contributed by atoms with Gasteiger partial charge < -0.3 is 9.73 Å². The molecule has 4 nitrogen and oxygen atoms in total. The zero-order chi connectivity index (χ0) is 22.4. The van der Waals surface area contributed by atoms with Crippen molar-refractivity contribution in [3.63, 3.8) is 0 Å². The minimum Gasteiger partial charge on any atom is -0.457 e. The third kappa shape index (κ3) is 6.29. The van der Waals surface area contributed by atoms with E-state index in [-0.39, 0.29) is 11.0 Å². The van der Waals surface area contributed by atoms with Gasteiger partial charge in [0.2, 0.25) is 5.91 Å². The lowest BCUT2D eigenvalue weighted by molar-refractivity contribution is -0.115. The lowest BCUT2D eigenvalue weighted by Crippen LogP contribution is -2.32. The predicted octanol–water partition coefficient (Wildman–Crippen LogP) is 6.95. The number of thiocarbonyl (C=S) groups is 1. The maximum Gasteiger partial charge on any atom is 0.250 e. The van der Waals surface area contributed by atoms with E-state index in [1.165, 1.54) is 11.6 Å². The van der Waals surface area contributed by atoms with Crippen LogP contribution in [0.15, 0.2) is 65.1 Å². The van der Waals surface area contributed by atoms with Gasteiger partial charge in [-0.2, -0.15) is 0 Å². The van der Waals surface area contributed by atoms with Crippen LogP contribution >= 0.6 is 23.8 Å². The van der Waals surface area contributed by atoms with Crippen molar-refractivity contribution in [1.29, 1.82) is 0 Å². The number of nitrogens with one attached hydrogen (secondary N) is 2. The average Bonchev–Trinajstić information content (AvgIpc) is 3.23. The van der Waals surface area contributed by atoms with Gasteiger partial charge >= 0.3 is 0 Å². The summed E-state index contributed by atoms with van der Waals surface area (Å²) < 4.78 is 5.78. The Kier molecular flexibility index (Phi) is 7.66. The standard InChI is InChI=1S/C25H25ClN2O2S/c1-4-16(2)18-7-9-20(10-8-18)27-25(31)28-24(29)14-12-21-11-13-23(30-21)19-6-5-17(3)22(26)15-19/h5-16H,4H2,1-3H3,(H2,27,28,29,31)/b14-12+. The minimum absolute atomic E-state index is 0.236. The molecule has 0 bridgehead atoms. The molecule has 31 heavy (non-hydrogen) atoms. The van der Waals surface area contributed by atoms with E-state index in [9.17, 15) is 4.79 Å². The van der Waals surface area contributed by atoms with Crippen molar-refractivity contribution >= 4 is 46.6 Å². The van der Waals surface area contributed by atoms with Crippen LogP contribution < -0.4 is 10.6 Å². The van der Waals surface area contributed by atoms with Gasteiger partial charge in [0.05, 0.1) is 0 Å². The van der Waals surface area contributed by atoms with Gasteiger partial charge in [0.25, 0.3) is 0 Å². The molecule has 0 fully saturated rings. The van der Waals surface area contributed by atoms with Gasteiger partial charge in [-0.05, 0) is 79.0 Å². The van der Waals surface area contributed by atoms with Crippen molar-refractivity contribution in [2.75, 3.05) is 5.32 Å². The summed E-state index contributed by atoms with van der Waals surface area (Å²) in [5.41, 5.74) is 3.99. The number of anilines is 1. The summed E-state index contributed by atoms with van der Waals surface area (Å²) in [4.78, 5) is 12.2. The Morgan fingerprint density at radius 3 is 2.58 bits per heavy atom. The number of furan rings is 1. The van der Waals surface area contributed by atoms with Gasteiger partial charge in [0, 0.05) is 22.3 Å². The molecule has 1 amide bonds. The molecular weight excluding hydrogens is 428 g/mol. The highest BCUT2D eigenvalue weighted by molar-refractivity contribution is 7.80. The van der Waals surface area contributed by atoms with Crippen LogP contribution in [-0.2, 0) is 4.79 Å².